The number of amides is 1. The van der Waals surface area contributed by atoms with Crippen LogP contribution in [0.15, 0.2) is 53.9 Å². The number of nitrogens with one attached hydrogen (secondary N) is 1. The molecule has 2 aromatic carbocycles. The van der Waals surface area contributed by atoms with Gasteiger partial charge in [0, 0.05) is 33.6 Å². The number of nitrogens with zero attached hydrogens (tertiary/aromatic N) is 1. The van der Waals surface area contributed by atoms with Gasteiger partial charge in [-0.15, -0.1) is 11.3 Å². The molecule has 1 aromatic heterocycles. The molecule has 128 valence electrons. The van der Waals surface area contributed by atoms with Crippen LogP contribution in [0.1, 0.15) is 20.3 Å². The van der Waals surface area contributed by atoms with Gasteiger partial charge < -0.3 is 5.32 Å². The Labute approximate surface area is 156 Å². The van der Waals surface area contributed by atoms with Gasteiger partial charge >= 0.3 is 0 Å². The summed E-state index contributed by atoms with van der Waals surface area (Å²) in [5.74, 6) is 0.371. The van der Waals surface area contributed by atoms with Crippen LogP contribution < -0.4 is 5.32 Å². The van der Waals surface area contributed by atoms with Gasteiger partial charge in [0.2, 0.25) is 5.91 Å². The second-order valence-electron chi connectivity index (χ2n) is 6.27. The molecule has 0 saturated heterocycles. The van der Waals surface area contributed by atoms with E-state index < -0.39 is 0 Å². The standard InChI is InChI=1S/C20H19ClN2OS/c1-13(2)10-19(24)22-17-5-3-4-15(11-17)18-12-25-20(23-18)14-6-8-16(21)9-7-14/h3-9,11-13H,10H2,1-2H3,(H,22,24). The minimum Gasteiger partial charge on any atom is -0.326 e. The molecule has 0 atom stereocenters. The molecule has 0 fully saturated rings. The van der Waals surface area contributed by atoms with Crippen LogP contribution in [-0.2, 0) is 4.79 Å². The third-order valence-electron chi connectivity index (χ3n) is 3.63. The van der Waals surface area contributed by atoms with Crippen LogP contribution in [0.5, 0.6) is 0 Å². The van der Waals surface area contributed by atoms with E-state index in [9.17, 15) is 4.79 Å². The van der Waals surface area contributed by atoms with Crippen molar-refractivity contribution < 1.29 is 4.79 Å². The van der Waals surface area contributed by atoms with E-state index in [1.807, 2.05) is 67.8 Å². The zero-order chi connectivity index (χ0) is 17.8. The minimum absolute atomic E-state index is 0.0345. The van der Waals surface area contributed by atoms with Gasteiger partial charge in [0.25, 0.3) is 0 Å². The second kappa shape index (κ2) is 7.81. The molecule has 0 aliphatic rings. The molecular formula is C20H19ClN2OS. The number of benzene rings is 2. The summed E-state index contributed by atoms with van der Waals surface area (Å²) in [6.45, 7) is 4.06. The first-order valence-corrected chi connectivity index (χ1v) is 9.39. The van der Waals surface area contributed by atoms with E-state index in [4.69, 9.17) is 16.6 Å². The van der Waals surface area contributed by atoms with Crippen LogP contribution in [-0.4, -0.2) is 10.9 Å². The van der Waals surface area contributed by atoms with Crippen LogP contribution in [0.2, 0.25) is 5.02 Å². The summed E-state index contributed by atoms with van der Waals surface area (Å²) in [4.78, 5) is 16.7. The highest BCUT2D eigenvalue weighted by Crippen LogP contribution is 2.30. The molecule has 1 heterocycles. The Kier molecular flexibility index (Phi) is 5.51. The van der Waals surface area contributed by atoms with E-state index in [0.29, 0.717) is 17.4 Å². The molecule has 1 amide bonds. The molecule has 0 aliphatic heterocycles. The highest BCUT2D eigenvalue weighted by Gasteiger charge is 2.09. The van der Waals surface area contributed by atoms with Crippen LogP contribution in [0.3, 0.4) is 0 Å². The van der Waals surface area contributed by atoms with Crippen molar-refractivity contribution in [3.8, 4) is 21.8 Å². The quantitative estimate of drug-likeness (QED) is 0.588. The van der Waals surface area contributed by atoms with Crippen molar-refractivity contribution in [1.82, 2.24) is 4.98 Å². The Hall–Kier alpha value is -2.17. The molecule has 0 aliphatic carbocycles. The van der Waals surface area contributed by atoms with E-state index in [1.54, 1.807) is 11.3 Å². The maximum Gasteiger partial charge on any atom is 0.224 e. The molecule has 25 heavy (non-hydrogen) atoms. The summed E-state index contributed by atoms with van der Waals surface area (Å²) in [7, 11) is 0. The van der Waals surface area contributed by atoms with Crippen molar-refractivity contribution in [3.63, 3.8) is 0 Å². The van der Waals surface area contributed by atoms with Crippen molar-refractivity contribution in [2.24, 2.45) is 5.92 Å². The van der Waals surface area contributed by atoms with Crippen molar-refractivity contribution in [3.05, 3.63) is 58.9 Å². The third kappa shape index (κ3) is 4.68. The highest BCUT2D eigenvalue weighted by atomic mass is 35.5. The van der Waals surface area contributed by atoms with Gasteiger partial charge in [-0.3, -0.25) is 4.79 Å². The first-order chi connectivity index (χ1) is 12.0. The molecule has 0 unspecified atom stereocenters. The molecule has 0 bridgehead atoms. The van der Waals surface area contributed by atoms with Gasteiger partial charge in [0.1, 0.15) is 5.01 Å². The fourth-order valence-corrected chi connectivity index (χ4v) is 3.43. The number of thiazole rings is 1. The van der Waals surface area contributed by atoms with Gasteiger partial charge in [-0.1, -0.05) is 49.7 Å². The van der Waals surface area contributed by atoms with Crippen LogP contribution >= 0.6 is 22.9 Å². The summed E-state index contributed by atoms with van der Waals surface area (Å²) in [6, 6.07) is 15.4. The van der Waals surface area contributed by atoms with Gasteiger partial charge in [-0.25, -0.2) is 4.98 Å². The lowest BCUT2D eigenvalue weighted by Gasteiger charge is -2.08. The summed E-state index contributed by atoms with van der Waals surface area (Å²) >= 11 is 7.53. The second-order valence-corrected chi connectivity index (χ2v) is 7.57. The molecule has 0 spiro atoms. The SMILES string of the molecule is CC(C)CC(=O)Nc1cccc(-c2csc(-c3ccc(Cl)cc3)n2)c1. The molecule has 1 N–H and O–H groups in total. The normalized spacial score (nSPS) is 10.9. The first-order valence-electron chi connectivity index (χ1n) is 8.13. The summed E-state index contributed by atoms with van der Waals surface area (Å²) in [5, 5.41) is 6.64. The summed E-state index contributed by atoms with van der Waals surface area (Å²) < 4.78 is 0. The molecule has 3 aromatic rings. The monoisotopic (exact) mass is 370 g/mol. The van der Waals surface area contributed by atoms with E-state index in [2.05, 4.69) is 5.32 Å². The van der Waals surface area contributed by atoms with Gasteiger partial charge in [0.15, 0.2) is 0 Å². The largest absolute Gasteiger partial charge is 0.326 e. The van der Waals surface area contributed by atoms with Gasteiger partial charge in [0.05, 0.1) is 5.69 Å². The van der Waals surface area contributed by atoms with E-state index in [1.165, 1.54) is 0 Å². The number of carbonyl (C=O) groups is 1. The molecule has 3 rings (SSSR count). The average Bonchev–Trinajstić information content (AvgIpc) is 3.05. The molecule has 3 nitrogen and oxygen atoms in total. The lowest BCUT2D eigenvalue weighted by molar-refractivity contribution is -0.116. The Morgan fingerprint density at radius 1 is 1.16 bits per heavy atom. The lowest BCUT2D eigenvalue weighted by atomic mass is 10.1. The Bertz CT molecular complexity index is 871. The minimum atomic E-state index is 0.0345. The van der Waals surface area contributed by atoms with Crippen molar-refractivity contribution in [2.45, 2.75) is 20.3 Å². The zero-order valence-electron chi connectivity index (χ0n) is 14.1. The van der Waals surface area contributed by atoms with Crippen LogP contribution in [0.25, 0.3) is 21.8 Å². The number of halogens is 1. The summed E-state index contributed by atoms with van der Waals surface area (Å²) in [5.41, 5.74) is 3.72. The smallest absolute Gasteiger partial charge is 0.224 e. The predicted molar refractivity (Wildman–Crippen MR) is 106 cm³/mol. The Morgan fingerprint density at radius 2 is 1.92 bits per heavy atom. The fourth-order valence-electron chi connectivity index (χ4n) is 2.47. The Balaban J connectivity index is 1.79. The maximum absolute atomic E-state index is 12.0. The molecular weight excluding hydrogens is 352 g/mol. The van der Waals surface area contributed by atoms with Gasteiger partial charge in [-0.05, 0) is 30.2 Å². The number of hydrogen-bond acceptors (Lipinski definition) is 3. The maximum atomic E-state index is 12.0. The molecule has 0 saturated carbocycles. The van der Waals surface area contributed by atoms with Crippen LogP contribution in [0, 0.1) is 5.92 Å². The van der Waals surface area contributed by atoms with Crippen molar-refractivity contribution >= 4 is 34.5 Å². The number of anilines is 1. The molecule has 0 radical (unpaired) electrons. The van der Waals surface area contributed by atoms with Crippen molar-refractivity contribution in [2.75, 3.05) is 5.32 Å². The molecule has 5 heteroatoms. The van der Waals surface area contributed by atoms with E-state index in [0.717, 1.165) is 27.5 Å². The lowest BCUT2D eigenvalue weighted by Crippen LogP contribution is -2.13. The van der Waals surface area contributed by atoms with Crippen molar-refractivity contribution in [1.29, 1.82) is 0 Å². The van der Waals surface area contributed by atoms with Gasteiger partial charge in [-0.2, -0.15) is 0 Å². The van der Waals surface area contributed by atoms with E-state index >= 15 is 0 Å². The first kappa shape index (κ1) is 17.6. The Morgan fingerprint density at radius 3 is 2.64 bits per heavy atom. The highest BCUT2D eigenvalue weighted by molar-refractivity contribution is 7.13. The zero-order valence-corrected chi connectivity index (χ0v) is 15.7. The third-order valence-corrected chi connectivity index (χ3v) is 4.77. The number of hydrogen-bond donors (Lipinski definition) is 1. The van der Waals surface area contributed by atoms with E-state index in [-0.39, 0.29) is 5.91 Å². The topological polar surface area (TPSA) is 42.0 Å². The number of carbonyl (C=O) groups excluding carboxylic acids is 1. The average molecular weight is 371 g/mol. The fraction of sp³-hybridized carbons (Fsp3) is 0.200. The summed E-state index contributed by atoms with van der Waals surface area (Å²) in [6.07, 6.45) is 0.516. The van der Waals surface area contributed by atoms with Crippen LogP contribution in [0.4, 0.5) is 5.69 Å². The predicted octanol–water partition coefficient (Wildman–Crippen LogP) is 6.12. The number of rotatable bonds is 5. The number of aromatic nitrogens is 1.